The molecule has 0 atom stereocenters. The maximum Gasteiger partial charge on any atom is 0.407 e. The van der Waals surface area contributed by atoms with Crippen LogP contribution in [0.15, 0.2) is 36.5 Å². The molecule has 1 aliphatic heterocycles. The second-order valence-electron chi connectivity index (χ2n) is 6.87. The normalized spacial score (nSPS) is 16.3. The molecule has 1 amide bonds. The first-order chi connectivity index (χ1) is 13.4. The first-order valence-corrected chi connectivity index (χ1v) is 8.85. The van der Waals surface area contributed by atoms with E-state index >= 15 is 0 Å². The van der Waals surface area contributed by atoms with Gasteiger partial charge in [-0.15, -0.1) is 5.10 Å². The number of amides is 1. The van der Waals surface area contributed by atoms with Crippen molar-refractivity contribution in [3.05, 3.63) is 48.2 Å². The lowest BCUT2D eigenvalue weighted by Gasteiger charge is -2.36. The summed E-state index contributed by atoms with van der Waals surface area (Å²) < 4.78 is 14.6. The lowest BCUT2D eigenvalue weighted by Crippen LogP contribution is -2.47. The van der Waals surface area contributed by atoms with Crippen LogP contribution in [0.25, 0.3) is 5.65 Å². The molecule has 0 spiro atoms. The molecular formula is C18H19FN6O3. The zero-order valence-corrected chi connectivity index (χ0v) is 14.9. The van der Waals surface area contributed by atoms with E-state index in [0.29, 0.717) is 35.9 Å². The third kappa shape index (κ3) is 3.72. The van der Waals surface area contributed by atoms with Crippen molar-refractivity contribution in [2.24, 2.45) is 0 Å². The summed E-state index contributed by atoms with van der Waals surface area (Å²) in [5, 5.41) is 27.3. The van der Waals surface area contributed by atoms with Crippen molar-refractivity contribution in [1.29, 1.82) is 0 Å². The van der Waals surface area contributed by atoms with E-state index in [4.69, 9.17) is 5.11 Å². The van der Waals surface area contributed by atoms with Crippen molar-refractivity contribution >= 4 is 23.4 Å². The summed E-state index contributed by atoms with van der Waals surface area (Å²) in [6, 6.07) is 7.54. The van der Waals surface area contributed by atoms with Crippen LogP contribution in [-0.4, -0.2) is 59.5 Å². The Morgan fingerprint density at radius 2 is 1.93 bits per heavy atom. The van der Waals surface area contributed by atoms with Crippen molar-refractivity contribution in [1.82, 2.24) is 24.5 Å². The molecule has 9 nitrogen and oxygen atoms in total. The number of aromatic nitrogens is 4. The minimum Gasteiger partial charge on any atom is -0.465 e. The Balaban J connectivity index is 1.54. The van der Waals surface area contributed by atoms with Crippen molar-refractivity contribution in [3.63, 3.8) is 0 Å². The van der Waals surface area contributed by atoms with Gasteiger partial charge in [0.05, 0.1) is 5.60 Å². The molecule has 1 aliphatic rings. The maximum absolute atomic E-state index is 13.0. The Bertz CT molecular complexity index is 998. The predicted molar refractivity (Wildman–Crippen MR) is 98.0 cm³/mol. The Kier molecular flexibility index (Phi) is 4.55. The van der Waals surface area contributed by atoms with Crippen LogP contribution in [-0.2, 0) is 6.42 Å². The third-order valence-corrected chi connectivity index (χ3v) is 4.88. The SMILES string of the molecule is O=C(O)N1CCC(O)(Cc2nccc3nc(Nc4ccc(F)cc4)nn23)CC1. The second kappa shape index (κ2) is 7.04. The van der Waals surface area contributed by atoms with Gasteiger partial charge in [0.25, 0.3) is 0 Å². The molecular weight excluding hydrogens is 367 g/mol. The molecule has 3 heterocycles. The van der Waals surface area contributed by atoms with Crippen molar-refractivity contribution < 1.29 is 19.4 Å². The lowest BCUT2D eigenvalue weighted by molar-refractivity contribution is -0.0180. The summed E-state index contributed by atoms with van der Waals surface area (Å²) in [7, 11) is 0. The molecule has 10 heteroatoms. The Hall–Kier alpha value is -3.27. The average Bonchev–Trinajstić information content (AvgIpc) is 3.07. The average molecular weight is 386 g/mol. The van der Waals surface area contributed by atoms with Gasteiger partial charge in [-0.1, -0.05) is 0 Å². The van der Waals surface area contributed by atoms with E-state index in [-0.39, 0.29) is 25.3 Å². The van der Waals surface area contributed by atoms with Crippen LogP contribution < -0.4 is 5.32 Å². The molecule has 0 radical (unpaired) electrons. The first-order valence-electron chi connectivity index (χ1n) is 8.85. The van der Waals surface area contributed by atoms with Gasteiger partial charge >= 0.3 is 6.09 Å². The van der Waals surface area contributed by atoms with Crippen LogP contribution in [0.3, 0.4) is 0 Å². The fraction of sp³-hybridized carbons (Fsp3) is 0.333. The molecule has 0 saturated carbocycles. The van der Waals surface area contributed by atoms with Gasteiger partial charge in [0.2, 0.25) is 5.95 Å². The second-order valence-corrected chi connectivity index (χ2v) is 6.87. The van der Waals surface area contributed by atoms with Crippen LogP contribution >= 0.6 is 0 Å². The molecule has 0 aliphatic carbocycles. The molecule has 1 aromatic carbocycles. The van der Waals surface area contributed by atoms with E-state index < -0.39 is 11.7 Å². The zero-order valence-electron chi connectivity index (χ0n) is 14.9. The monoisotopic (exact) mass is 386 g/mol. The summed E-state index contributed by atoms with van der Waals surface area (Å²) >= 11 is 0. The van der Waals surface area contributed by atoms with Gasteiger partial charge in [0, 0.05) is 37.5 Å². The zero-order chi connectivity index (χ0) is 19.7. The summed E-state index contributed by atoms with van der Waals surface area (Å²) in [4.78, 5) is 21.1. The number of likely N-dealkylation sites (tertiary alicyclic amines) is 1. The number of benzene rings is 1. The molecule has 0 unspecified atom stereocenters. The largest absolute Gasteiger partial charge is 0.465 e. The number of nitrogens with one attached hydrogen (secondary N) is 1. The Morgan fingerprint density at radius 1 is 1.21 bits per heavy atom. The number of anilines is 2. The summed E-state index contributed by atoms with van der Waals surface area (Å²) in [6.07, 6.45) is 1.50. The van der Waals surface area contributed by atoms with Gasteiger partial charge in [-0.2, -0.15) is 9.50 Å². The highest BCUT2D eigenvalue weighted by molar-refractivity contribution is 5.65. The van der Waals surface area contributed by atoms with Gasteiger partial charge in [0.1, 0.15) is 11.6 Å². The van der Waals surface area contributed by atoms with Gasteiger partial charge < -0.3 is 20.4 Å². The lowest BCUT2D eigenvalue weighted by atomic mass is 9.88. The quantitative estimate of drug-likeness (QED) is 0.628. The van der Waals surface area contributed by atoms with Gasteiger partial charge in [-0.05, 0) is 37.1 Å². The van der Waals surface area contributed by atoms with E-state index in [1.807, 2.05) is 0 Å². The fourth-order valence-electron chi connectivity index (χ4n) is 3.29. The predicted octanol–water partition coefficient (Wildman–Crippen LogP) is 2.05. The number of halogens is 1. The van der Waals surface area contributed by atoms with Gasteiger partial charge in [0.15, 0.2) is 5.65 Å². The summed E-state index contributed by atoms with van der Waals surface area (Å²) in [5.41, 5.74) is 0.150. The smallest absolute Gasteiger partial charge is 0.407 e. The van der Waals surface area contributed by atoms with E-state index in [0.717, 1.165) is 0 Å². The number of hydrogen-bond donors (Lipinski definition) is 3. The standard InChI is InChI=1S/C18H19FN6O3/c19-12-1-3-13(4-2-12)21-16-22-14-5-8-20-15(25(14)23-16)11-18(28)6-9-24(10-7-18)17(26)27/h1-5,8,28H,6-7,9-11H2,(H,21,23)(H,26,27). The molecule has 3 aromatic rings. The van der Waals surface area contributed by atoms with Crippen LogP contribution in [0.2, 0.25) is 0 Å². The molecule has 28 heavy (non-hydrogen) atoms. The maximum atomic E-state index is 13.0. The molecule has 2 aromatic heterocycles. The number of carboxylic acid groups (broad SMARTS) is 1. The Labute approximate surface area is 159 Å². The van der Waals surface area contributed by atoms with Gasteiger partial charge in [-0.3, -0.25) is 0 Å². The van der Waals surface area contributed by atoms with Crippen LogP contribution in [0, 0.1) is 5.82 Å². The topological polar surface area (TPSA) is 116 Å². The van der Waals surface area contributed by atoms with E-state index in [1.165, 1.54) is 17.0 Å². The molecule has 0 bridgehead atoms. The molecule has 3 N–H and O–H groups in total. The minimum absolute atomic E-state index is 0.233. The minimum atomic E-state index is -1.05. The van der Waals surface area contributed by atoms with Crippen molar-refractivity contribution in [2.45, 2.75) is 24.9 Å². The Morgan fingerprint density at radius 3 is 2.61 bits per heavy atom. The van der Waals surface area contributed by atoms with Crippen LogP contribution in [0.4, 0.5) is 20.8 Å². The number of nitrogens with zero attached hydrogens (tertiary/aromatic N) is 5. The summed E-state index contributed by atoms with van der Waals surface area (Å²) in [5.74, 6) is 0.527. The first kappa shape index (κ1) is 18.1. The highest BCUT2D eigenvalue weighted by atomic mass is 19.1. The number of fused-ring (bicyclic) bond motifs is 1. The fourth-order valence-corrected chi connectivity index (χ4v) is 3.29. The van der Waals surface area contributed by atoms with Crippen molar-refractivity contribution in [3.8, 4) is 0 Å². The number of aliphatic hydroxyl groups is 1. The van der Waals surface area contributed by atoms with Crippen LogP contribution in [0.1, 0.15) is 18.7 Å². The molecule has 4 rings (SSSR count). The molecule has 146 valence electrons. The van der Waals surface area contributed by atoms with Crippen LogP contribution in [0.5, 0.6) is 0 Å². The highest BCUT2D eigenvalue weighted by Crippen LogP contribution is 2.26. The van der Waals surface area contributed by atoms with Gasteiger partial charge in [-0.25, -0.2) is 14.2 Å². The number of hydrogen-bond acceptors (Lipinski definition) is 6. The van der Waals surface area contributed by atoms with E-state index in [9.17, 15) is 14.3 Å². The van der Waals surface area contributed by atoms with E-state index in [1.54, 1.807) is 28.9 Å². The number of rotatable bonds is 4. The summed E-state index contributed by atoms with van der Waals surface area (Å²) in [6.45, 7) is 0.549. The molecule has 1 fully saturated rings. The van der Waals surface area contributed by atoms with Crippen molar-refractivity contribution in [2.75, 3.05) is 18.4 Å². The molecule has 1 saturated heterocycles. The number of carbonyl (C=O) groups is 1. The highest BCUT2D eigenvalue weighted by Gasteiger charge is 2.35. The number of piperidine rings is 1. The third-order valence-electron chi connectivity index (χ3n) is 4.88. The van der Waals surface area contributed by atoms with E-state index in [2.05, 4.69) is 20.4 Å².